The molecule has 2 heterocycles. The first-order valence-corrected chi connectivity index (χ1v) is 13.4. The van der Waals surface area contributed by atoms with Gasteiger partial charge in [-0.3, -0.25) is 14.5 Å². The van der Waals surface area contributed by atoms with Crippen LogP contribution in [0.1, 0.15) is 49.4 Å². The van der Waals surface area contributed by atoms with Crippen LogP contribution >= 0.6 is 11.3 Å². The lowest BCUT2D eigenvalue weighted by Gasteiger charge is -2.24. The topological polar surface area (TPSA) is 102 Å². The van der Waals surface area contributed by atoms with E-state index in [1.54, 1.807) is 31.2 Å². The summed E-state index contributed by atoms with van der Waals surface area (Å²) in [5.41, 5.74) is 1.36. The van der Waals surface area contributed by atoms with Crippen molar-refractivity contribution in [1.82, 2.24) is 10.2 Å². The lowest BCUT2D eigenvalue weighted by atomic mass is 9.95. The molecule has 0 bridgehead atoms. The molecule has 198 valence electrons. The Labute approximate surface area is 226 Å². The number of ether oxygens (including phenoxy) is 2. The zero-order valence-corrected chi connectivity index (χ0v) is 22.7. The molecule has 0 saturated carbocycles. The Morgan fingerprint density at radius 2 is 1.89 bits per heavy atom. The molecule has 1 aromatic heterocycles. The van der Waals surface area contributed by atoms with Crippen molar-refractivity contribution in [3.63, 3.8) is 0 Å². The molecule has 1 atom stereocenters. The van der Waals surface area contributed by atoms with Crippen LogP contribution in [0.5, 0.6) is 11.5 Å². The quantitative estimate of drug-likeness (QED) is 0.308. The standard InChI is InChI=1S/C29H31N3O5S/c1-5-36-24-17-21(12-14-23(24)37-16-15-18(2)3)26-25(22(33)13-11-20-9-7-6-8-10-20)27(34)28(35)32(26)29-31-30-19(4)38-29/h6-14,17-18,26,34H,5,15-16H2,1-4H3/b13-11+. The Bertz CT molecular complexity index is 1360. The number of hydrogen-bond donors (Lipinski definition) is 1. The Hall–Kier alpha value is -3.98. The maximum absolute atomic E-state index is 13.5. The molecule has 2 aromatic carbocycles. The first-order valence-electron chi connectivity index (χ1n) is 12.5. The summed E-state index contributed by atoms with van der Waals surface area (Å²) >= 11 is 1.20. The van der Waals surface area contributed by atoms with Gasteiger partial charge in [-0.2, -0.15) is 0 Å². The van der Waals surface area contributed by atoms with Crippen molar-refractivity contribution < 1.29 is 24.2 Å². The van der Waals surface area contributed by atoms with Gasteiger partial charge in [0.2, 0.25) is 5.13 Å². The summed E-state index contributed by atoms with van der Waals surface area (Å²) in [6, 6.07) is 13.7. The fourth-order valence-electron chi connectivity index (χ4n) is 4.07. The SMILES string of the molecule is CCOc1cc(C2C(C(=O)/C=C/c3ccccc3)=C(O)C(=O)N2c2nnc(C)s2)ccc1OCCC(C)C. The molecule has 0 spiro atoms. The summed E-state index contributed by atoms with van der Waals surface area (Å²) < 4.78 is 11.8. The molecule has 1 N–H and O–H groups in total. The van der Waals surface area contributed by atoms with Gasteiger partial charge in [-0.25, -0.2) is 0 Å². The largest absolute Gasteiger partial charge is 0.503 e. The maximum atomic E-state index is 13.5. The van der Waals surface area contributed by atoms with Crippen LogP contribution in [0.15, 0.2) is 65.9 Å². The monoisotopic (exact) mass is 533 g/mol. The normalized spacial score (nSPS) is 15.7. The molecule has 4 rings (SSSR count). The summed E-state index contributed by atoms with van der Waals surface area (Å²) in [6.07, 6.45) is 3.90. The van der Waals surface area contributed by atoms with E-state index in [1.165, 1.54) is 22.3 Å². The fourth-order valence-corrected chi connectivity index (χ4v) is 4.78. The van der Waals surface area contributed by atoms with E-state index in [4.69, 9.17) is 9.47 Å². The van der Waals surface area contributed by atoms with E-state index in [0.717, 1.165) is 12.0 Å². The molecular formula is C29H31N3O5S. The van der Waals surface area contributed by atoms with Crippen molar-refractivity contribution >= 4 is 34.2 Å². The van der Waals surface area contributed by atoms with Crippen LogP contribution in [0.4, 0.5) is 5.13 Å². The number of rotatable bonds is 11. The number of nitrogens with zero attached hydrogens (tertiary/aromatic N) is 3. The van der Waals surface area contributed by atoms with E-state index in [2.05, 4.69) is 24.0 Å². The summed E-state index contributed by atoms with van der Waals surface area (Å²) in [7, 11) is 0. The molecule has 0 saturated heterocycles. The molecule has 8 nitrogen and oxygen atoms in total. The molecule has 9 heteroatoms. The average Bonchev–Trinajstić information content (AvgIpc) is 3.44. The van der Waals surface area contributed by atoms with Gasteiger partial charge in [0.15, 0.2) is 23.0 Å². The number of aromatic nitrogens is 2. The van der Waals surface area contributed by atoms with Crippen LogP contribution in [0.3, 0.4) is 0 Å². The first kappa shape index (κ1) is 27.1. The minimum absolute atomic E-state index is 0.0361. The highest BCUT2D eigenvalue weighted by molar-refractivity contribution is 7.15. The van der Waals surface area contributed by atoms with Gasteiger partial charge in [-0.1, -0.05) is 67.7 Å². The van der Waals surface area contributed by atoms with Crippen molar-refractivity contribution in [1.29, 1.82) is 0 Å². The second kappa shape index (κ2) is 12.0. The van der Waals surface area contributed by atoms with Crippen molar-refractivity contribution in [2.75, 3.05) is 18.1 Å². The van der Waals surface area contributed by atoms with E-state index in [-0.39, 0.29) is 10.7 Å². The number of carbonyl (C=O) groups is 2. The third kappa shape index (κ3) is 5.94. The van der Waals surface area contributed by atoms with Crippen LogP contribution in [-0.4, -0.2) is 40.2 Å². The van der Waals surface area contributed by atoms with Gasteiger partial charge < -0.3 is 14.6 Å². The maximum Gasteiger partial charge on any atom is 0.296 e. The van der Waals surface area contributed by atoms with Crippen molar-refractivity contribution in [3.05, 3.63) is 82.1 Å². The molecule has 1 aliphatic heterocycles. The van der Waals surface area contributed by atoms with Gasteiger partial charge in [0.05, 0.1) is 24.8 Å². The molecule has 0 radical (unpaired) electrons. The van der Waals surface area contributed by atoms with E-state index in [0.29, 0.717) is 41.2 Å². The van der Waals surface area contributed by atoms with E-state index >= 15 is 0 Å². The Morgan fingerprint density at radius 1 is 1.13 bits per heavy atom. The minimum atomic E-state index is -0.924. The second-order valence-corrected chi connectivity index (χ2v) is 10.4. The number of hydrogen-bond acceptors (Lipinski definition) is 8. The third-order valence-corrected chi connectivity index (χ3v) is 6.80. The number of aliphatic hydroxyl groups excluding tert-OH is 1. The summed E-state index contributed by atoms with van der Waals surface area (Å²) in [5.74, 6) is -0.248. The molecule has 1 unspecified atom stereocenters. The Morgan fingerprint density at radius 3 is 2.55 bits per heavy atom. The van der Waals surface area contributed by atoms with Crippen LogP contribution < -0.4 is 14.4 Å². The number of ketones is 1. The van der Waals surface area contributed by atoms with E-state index in [9.17, 15) is 14.7 Å². The van der Waals surface area contributed by atoms with Gasteiger partial charge >= 0.3 is 0 Å². The van der Waals surface area contributed by atoms with Crippen molar-refractivity contribution in [3.8, 4) is 11.5 Å². The Kier molecular flexibility index (Phi) is 8.58. The molecule has 0 aliphatic carbocycles. The van der Waals surface area contributed by atoms with Crippen LogP contribution in [0.25, 0.3) is 6.08 Å². The number of carbonyl (C=O) groups excluding carboxylic acids is 2. The number of aliphatic hydroxyl groups is 1. The summed E-state index contributed by atoms with van der Waals surface area (Å²) in [5, 5.41) is 20.0. The highest BCUT2D eigenvalue weighted by Crippen LogP contribution is 2.44. The third-order valence-electron chi connectivity index (χ3n) is 5.96. The molecular weight excluding hydrogens is 502 g/mol. The van der Waals surface area contributed by atoms with Gasteiger partial charge in [-0.15, -0.1) is 10.2 Å². The van der Waals surface area contributed by atoms with Crippen LogP contribution in [0.2, 0.25) is 0 Å². The highest BCUT2D eigenvalue weighted by atomic mass is 32.1. The molecule has 1 amide bonds. The number of allylic oxidation sites excluding steroid dienone is 1. The zero-order valence-electron chi connectivity index (χ0n) is 21.9. The molecule has 0 fully saturated rings. The minimum Gasteiger partial charge on any atom is -0.503 e. The number of amides is 1. The van der Waals surface area contributed by atoms with Crippen molar-refractivity contribution in [2.24, 2.45) is 5.92 Å². The smallest absolute Gasteiger partial charge is 0.296 e. The van der Waals surface area contributed by atoms with E-state index < -0.39 is 23.5 Å². The summed E-state index contributed by atoms with van der Waals surface area (Å²) in [4.78, 5) is 28.1. The lowest BCUT2D eigenvalue weighted by Crippen LogP contribution is -2.31. The van der Waals surface area contributed by atoms with Gasteiger partial charge in [-0.05, 0) is 55.5 Å². The zero-order chi connectivity index (χ0) is 27.2. The highest BCUT2D eigenvalue weighted by Gasteiger charge is 2.45. The van der Waals surface area contributed by atoms with Crippen LogP contribution in [-0.2, 0) is 9.59 Å². The Balaban J connectivity index is 1.76. The molecule has 3 aromatic rings. The first-order chi connectivity index (χ1) is 18.3. The van der Waals surface area contributed by atoms with Gasteiger partial charge in [0.25, 0.3) is 5.91 Å². The van der Waals surface area contributed by atoms with Gasteiger partial charge in [0.1, 0.15) is 5.01 Å². The second-order valence-electron chi connectivity index (χ2n) is 9.22. The number of benzene rings is 2. The molecule has 1 aliphatic rings. The van der Waals surface area contributed by atoms with Crippen molar-refractivity contribution in [2.45, 2.75) is 40.2 Å². The van der Waals surface area contributed by atoms with Gasteiger partial charge in [0, 0.05) is 0 Å². The van der Waals surface area contributed by atoms with E-state index in [1.807, 2.05) is 37.3 Å². The summed E-state index contributed by atoms with van der Waals surface area (Å²) in [6.45, 7) is 8.83. The predicted octanol–water partition coefficient (Wildman–Crippen LogP) is 5.85. The predicted molar refractivity (Wildman–Crippen MR) is 148 cm³/mol. The lowest BCUT2D eigenvalue weighted by molar-refractivity contribution is -0.117. The van der Waals surface area contributed by atoms with Crippen LogP contribution in [0, 0.1) is 12.8 Å². The number of aryl methyl sites for hydroxylation is 1. The average molecular weight is 534 g/mol. The number of anilines is 1. The molecule has 38 heavy (non-hydrogen) atoms. The fraction of sp³-hybridized carbons (Fsp3) is 0.310.